The lowest BCUT2D eigenvalue weighted by Crippen LogP contribution is -2.24. The fourth-order valence-electron chi connectivity index (χ4n) is 1.97. The zero-order valence-electron chi connectivity index (χ0n) is 9.81. The summed E-state index contributed by atoms with van der Waals surface area (Å²) in [6.07, 6.45) is 3.39. The lowest BCUT2D eigenvalue weighted by molar-refractivity contribution is 0.101. The molecule has 2 aromatic rings. The number of pyridine rings is 1. The fourth-order valence-corrected chi connectivity index (χ4v) is 2.29. The number of hydrogen-bond acceptors (Lipinski definition) is 2. The van der Waals surface area contributed by atoms with Gasteiger partial charge in [-0.2, -0.15) is 0 Å². The summed E-state index contributed by atoms with van der Waals surface area (Å²) in [5.74, 6) is 0. The van der Waals surface area contributed by atoms with Gasteiger partial charge < -0.3 is 5.11 Å². The SMILES string of the molecule is Cc1ccncc1C(C)(O)c1ccccc1Cl. The maximum absolute atomic E-state index is 10.7. The van der Waals surface area contributed by atoms with Crippen molar-refractivity contribution in [1.82, 2.24) is 4.98 Å². The van der Waals surface area contributed by atoms with Gasteiger partial charge in [-0.25, -0.2) is 0 Å². The molecule has 1 heterocycles. The Bertz CT molecular complexity index is 490. The first-order chi connectivity index (χ1) is 8.03. The van der Waals surface area contributed by atoms with Gasteiger partial charge in [0.2, 0.25) is 0 Å². The van der Waals surface area contributed by atoms with Gasteiger partial charge in [0.1, 0.15) is 5.60 Å². The molecule has 17 heavy (non-hydrogen) atoms. The molecule has 0 saturated carbocycles. The molecule has 1 atom stereocenters. The number of rotatable bonds is 2. The van der Waals surface area contributed by atoms with E-state index >= 15 is 0 Å². The highest BCUT2D eigenvalue weighted by Gasteiger charge is 2.29. The third-order valence-corrected chi connectivity index (χ3v) is 3.29. The summed E-state index contributed by atoms with van der Waals surface area (Å²) in [6.45, 7) is 3.68. The van der Waals surface area contributed by atoms with Gasteiger partial charge >= 0.3 is 0 Å². The number of benzene rings is 1. The quantitative estimate of drug-likeness (QED) is 0.883. The number of nitrogens with zero attached hydrogens (tertiary/aromatic N) is 1. The van der Waals surface area contributed by atoms with Crippen LogP contribution in [0.25, 0.3) is 0 Å². The average Bonchev–Trinajstić information content (AvgIpc) is 2.29. The smallest absolute Gasteiger partial charge is 0.115 e. The minimum absolute atomic E-state index is 0.556. The summed E-state index contributed by atoms with van der Waals surface area (Å²) in [5, 5.41) is 11.3. The van der Waals surface area contributed by atoms with E-state index in [9.17, 15) is 5.11 Å². The molecular formula is C14H14ClNO. The van der Waals surface area contributed by atoms with E-state index in [1.807, 2.05) is 31.2 Å². The zero-order valence-corrected chi connectivity index (χ0v) is 10.6. The molecule has 1 N–H and O–H groups in total. The van der Waals surface area contributed by atoms with Crippen LogP contribution in [0, 0.1) is 6.92 Å². The van der Waals surface area contributed by atoms with Crippen LogP contribution in [0.1, 0.15) is 23.6 Å². The molecule has 88 valence electrons. The fraction of sp³-hybridized carbons (Fsp3) is 0.214. The van der Waals surface area contributed by atoms with E-state index in [0.717, 1.165) is 11.1 Å². The van der Waals surface area contributed by atoms with Gasteiger partial charge in [0.25, 0.3) is 0 Å². The molecule has 1 unspecified atom stereocenters. The van der Waals surface area contributed by atoms with Gasteiger partial charge in [0, 0.05) is 28.5 Å². The van der Waals surface area contributed by atoms with Crippen LogP contribution in [-0.4, -0.2) is 10.1 Å². The van der Waals surface area contributed by atoms with Crippen molar-refractivity contribution in [1.29, 1.82) is 0 Å². The normalized spacial score (nSPS) is 14.4. The Labute approximate surface area is 106 Å². The van der Waals surface area contributed by atoms with Crippen molar-refractivity contribution in [3.8, 4) is 0 Å². The van der Waals surface area contributed by atoms with E-state index in [0.29, 0.717) is 10.6 Å². The van der Waals surface area contributed by atoms with Crippen molar-refractivity contribution in [2.75, 3.05) is 0 Å². The highest BCUT2D eigenvalue weighted by molar-refractivity contribution is 6.31. The van der Waals surface area contributed by atoms with Crippen molar-refractivity contribution in [2.24, 2.45) is 0 Å². The summed E-state index contributed by atoms with van der Waals surface area (Å²) < 4.78 is 0. The maximum Gasteiger partial charge on any atom is 0.115 e. The van der Waals surface area contributed by atoms with E-state index in [-0.39, 0.29) is 0 Å². The first-order valence-corrected chi connectivity index (χ1v) is 5.79. The van der Waals surface area contributed by atoms with Gasteiger partial charge in [0.05, 0.1) is 0 Å². The summed E-state index contributed by atoms with van der Waals surface area (Å²) in [5.41, 5.74) is 1.33. The summed E-state index contributed by atoms with van der Waals surface area (Å²) in [4.78, 5) is 4.06. The van der Waals surface area contributed by atoms with Crippen molar-refractivity contribution < 1.29 is 5.11 Å². The topological polar surface area (TPSA) is 33.1 Å². The molecular weight excluding hydrogens is 234 g/mol. The Morgan fingerprint density at radius 1 is 1.18 bits per heavy atom. The van der Waals surface area contributed by atoms with Crippen LogP contribution in [-0.2, 0) is 5.60 Å². The van der Waals surface area contributed by atoms with Crippen LogP contribution in [0.5, 0.6) is 0 Å². The monoisotopic (exact) mass is 247 g/mol. The molecule has 3 heteroatoms. The average molecular weight is 248 g/mol. The standard InChI is InChI=1S/C14H14ClNO/c1-10-7-8-16-9-12(10)14(2,17)11-5-3-4-6-13(11)15/h3-9,17H,1-2H3. The first kappa shape index (κ1) is 12.1. The van der Waals surface area contributed by atoms with E-state index in [1.165, 1.54) is 0 Å². The van der Waals surface area contributed by atoms with Crippen LogP contribution >= 0.6 is 11.6 Å². The van der Waals surface area contributed by atoms with Crippen LogP contribution in [0.4, 0.5) is 0 Å². The maximum atomic E-state index is 10.7. The van der Waals surface area contributed by atoms with Gasteiger partial charge in [-0.3, -0.25) is 4.98 Å². The Morgan fingerprint density at radius 3 is 2.53 bits per heavy atom. The summed E-state index contributed by atoms with van der Waals surface area (Å²) in [7, 11) is 0. The lowest BCUT2D eigenvalue weighted by atomic mass is 9.87. The molecule has 0 bridgehead atoms. The summed E-state index contributed by atoms with van der Waals surface area (Å²) in [6, 6.07) is 9.19. The first-order valence-electron chi connectivity index (χ1n) is 5.42. The Balaban J connectivity index is 2.58. The van der Waals surface area contributed by atoms with Crippen molar-refractivity contribution in [3.63, 3.8) is 0 Å². The number of aromatic nitrogens is 1. The molecule has 1 aromatic heterocycles. The minimum Gasteiger partial charge on any atom is -0.381 e. The van der Waals surface area contributed by atoms with Crippen molar-refractivity contribution in [3.05, 3.63) is 64.4 Å². The molecule has 0 saturated heterocycles. The third kappa shape index (κ3) is 2.19. The van der Waals surface area contributed by atoms with Gasteiger partial charge in [-0.1, -0.05) is 29.8 Å². The Hall–Kier alpha value is -1.38. The second-order valence-corrected chi connectivity index (χ2v) is 4.65. The van der Waals surface area contributed by atoms with Crippen LogP contribution in [0.3, 0.4) is 0 Å². The predicted octanol–water partition coefficient (Wildman–Crippen LogP) is 3.30. The highest BCUT2D eigenvalue weighted by Crippen LogP contribution is 2.34. The van der Waals surface area contributed by atoms with E-state index in [1.54, 1.807) is 25.4 Å². The number of hydrogen-bond donors (Lipinski definition) is 1. The van der Waals surface area contributed by atoms with Crippen LogP contribution in [0.15, 0.2) is 42.7 Å². The second-order valence-electron chi connectivity index (χ2n) is 4.24. The van der Waals surface area contributed by atoms with Gasteiger partial charge in [0.15, 0.2) is 0 Å². The molecule has 1 aromatic carbocycles. The molecule has 0 aliphatic rings. The molecule has 2 rings (SSSR count). The van der Waals surface area contributed by atoms with E-state index in [4.69, 9.17) is 11.6 Å². The van der Waals surface area contributed by atoms with Crippen LogP contribution < -0.4 is 0 Å². The van der Waals surface area contributed by atoms with Gasteiger partial charge in [-0.15, -0.1) is 0 Å². The molecule has 2 nitrogen and oxygen atoms in total. The number of aliphatic hydroxyl groups is 1. The molecule has 0 radical (unpaired) electrons. The molecule has 0 aliphatic carbocycles. The Kier molecular flexibility index (Phi) is 3.18. The minimum atomic E-state index is -1.13. The van der Waals surface area contributed by atoms with Crippen molar-refractivity contribution in [2.45, 2.75) is 19.4 Å². The lowest BCUT2D eigenvalue weighted by Gasteiger charge is -2.26. The number of halogens is 1. The van der Waals surface area contributed by atoms with Crippen LogP contribution in [0.2, 0.25) is 5.02 Å². The zero-order chi connectivity index (χ0) is 12.5. The molecule has 0 amide bonds. The molecule has 0 spiro atoms. The predicted molar refractivity (Wildman–Crippen MR) is 69.1 cm³/mol. The summed E-state index contributed by atoms with van der Waals surface area (Å²) >= 11 is 6.13. The molecule has 0 aliphatic heterocycles. The second kappa shape index (κ2) is 4.47. The molecule has 0 fully saturated rings. The van der Waals surface area contributed by atoms with Gasteiger partial charge in [-0.05, 0) is 31.5 Å². The highest BCUT2D eigenvalue weighted by atomic mass is 35.5. The van der Waals surface area contributed by atoms with E-state index < -0.39 is 5.60 Å². The number of aryl methyl sites for hydroxylation is 1. The Morgan fingerprint density at radius 2 is 1.88 bits per heavy atom. The van der Waals surface area contributed by atoms with E-state index in [2.05, 4.69) is 4.98 Å². The third-order valence-electron chi connectivity index (χ3n) is 2.96. The van der Waals surface area contributed by atoms with Crippen molar-refractivity contribution >= 4 is 11.6 Å². The largest absolute Gasteiger partial charge is 0.381 e.